The van der Waals surface area contributed by atoms with Gasteiger partial charge < -0.3 is 9.33 Å². The molecule has 10 heteroatoms. The summed E-state index contributed by atoms with van der Waals surface area (Å²) in [6.45, 7) is 15.3. The van der Waals surface area contributed by atoms with E-state index in [9.17, 15) is 14.0 Å². The minimum atomic E-state index is -2.90. The Hall–Kier alpha value is -4.57. The zero-order valence-corrected chi connectivity index (χ0v) is 30.2. The minimum Gasteiger partial charge on any atom is -0.400 e. The number of fused-ring (bicyclic) bond motifs is 1. The summed E-state index contributed by atoms with van der Waals surface area (Å²) in [6.07, 6.45) is 0. The molecular formula is C39H40ClFN4O3Si. The Balaban J connectivity index is 1.41. The second-order valence-electron chi connectivity index (χ2n) is 13.5. The highest BCUT2D eigenvalue weighted by Crippen LogP contribution is 2.40. The molecule has 1 aromatic heterocycles. The van der Waals surface area contributed by atoms with Gasteiger partial charge in [0, 0.05) is 24.6 Å². The molecule has 49 heavy (non-hydrogen) atoms. The van der Waals surface area contributed by atoms with Gasteiger partial charge in [-0.15, -0.1) is 5.10 Å². The summed E-state index contributed by atoms with van der Waals surface area (Å²) in [5.41, 5.74) is 2.12. The first kappa shape index (κ1) is 34.3. The van der Waals surface area contributed by atoms with Crippen LogP contribution in [0.3, 0.4) is 0 Å². The molecule has 0 spiro atoms. The quantitative estimate of drug-likeness (QED) is 0.121. The van der Waals surface area contributed by atoms with E-state index in [2.05, 4.69) is 51.6 Å². The Labute approximate surface area is 292 Å². The number of benzene rings is 4. The molecule has 0 fully saturated rings. The van der Waals surface area contributed by atoms with Crippen molar-refractivity contribution in [2.24, 2.45) is 0 Å². The first-order valence-corrected chi connectivity index (χ1v) is 18.7. The van der Waals surface area contributed by atoms with Crippen LogP contribution in [-0.4, -0.2) is 35.1 Å². The fourth-order valence-corrected chi connectivity index (χ4v) is 11.8. The molecule has 6 rings (SSSR count). The fraction of sp³-hybridized carbons (Fsp3) is 0.256. The number of hydrogen-bond donors (Lipinski definition) is 0. The maximum atomic E-state index is 15.0. The zero-order valence-electron chi connectivity index (χ0n) is 28.4. The molecule has 1 amide bonds. The molecule has 0 saturated carbocycles. The lowest BCUT2D eigenvalue weighted by molar-refractivity contribution is 0.0977. The maximum absolute atomic E-state index is 15.0. The molecule has 0 radical (unpaired) electrons. The zero-order chi connectivity index (χ0) is 35.1. The number of halogens is 2. The molecular weight excluding hydrogens is 655 g/mol. The summed E-state index contributed by atoms with van der Waals surface area (Å²) in [6, 6.07) is 30.2. The van der Waals surface area contributed by atoms with Crippen molar-refractivity contribution in [2.45, 2.75) is 58.7 Å². The maximum Gasteiger partial charge on any atom is 0.350 e. The van der Waals surface area contributed by atoms with Gasteiger partial charge in [0.05, 0.1) is 23.0 Å². The molecule has 2 heterocycles. The first-order valence-electron chi connectivity index (χ1n) is 16.4. The lowest BCUT2D eigenvalue weighted by Crippen LogP contribution is -2.66. The van der Waals surface area contributed by atoms with Crippen LogP contribution < -0.4 is 21.0 Å². The summed E-state index contributed by atoms with van der Waals surface area (Å²) in [4.78, 5) is 29.1. The second kappa shape index (κ2) is 13.4. The fourth-order valence-electron chi connectivity index (χ4n) is 7.00. The number of carbonyl (C=O) groups is 1. The number of para-hydroxylation sites is 1. The summed E-state index contributed by atoms with van der Waals surface area (Å²) >= 11 is 6.37. The van der Waals surface area contributed by atoms with Crippen LogP contribution >= 0.6 is 11.6 Å². The van der Waals surface area contributed by atoms with Gasteiger partial charge in [0.1, 0.15) is 5.82 Å². The van der Waals surface area contributed by atoms with E-state index < -0.39 is 14.1 Å². The van der Waals surface area contributed by atoms with Crippen LogP contribution in [0, 0.1) is 5.82 Å². The Bertz CT molecular complexity index is 2030. The predicted molar refractivity (Wildman–Crippen MR) is 197 cm³/mol. The Kier molecular flexibility index (Phi) is 9.37. The summed E-state index contributed by atoms with van der Waals surface area (Å²) < 4.78 is 25.1. The number of aromatic nitrogens is 3. The highest BCUT2D eigenvalue weighted by molar-refractivity contribution is 6.99. The molecule has 252 valence electrons. The SMILES string of the molecule is C=C(C)C1CN(c2c(F)cccc2Cl)C(=O)c2ccc(-n3nc(CO[Si](c4ccccc4)(c4ccccc4)C(C)(C)C)n(CC)c3=O)cc21. The van der Waals surface area contributed by atoms with Crippen LogP contribution in [0.15, 0.2) is 114 Å². The number of anilines is 1. The number of hydrogen-bond acceptors (Lipinski definition) is 4. The van der Waals surface area contributed by atoms with Gasteiger partial charge in [0.2, 0.25) is 0 Å². The Morgan fingerprint density at radius 3 is 2.16 bits per heavy atom. The number of carbonyl (C=O) groups excluding carboxylic acids is 1. The van der Waals surface area contributed by atoms with Gasteiger partial charge >= 0.3 is 5.69 Å². The van der Waals surface area contributed by atoms with Crippen molar-refractivity contribution in [3.63, 3.8) is 0 Å². The van der Waals surface area contributed by atoms with E-state index in [0.717, 1.165) is 15.9 Å². The largest absolute Gasteiger partial charge is 0.400 e. The molecule has 0 bridgehead atoms. The van der Waals surface area contributed by atoms with E-state index in [4.69, 9.17) is 21.1 Å². The monoisotopic (exact) mass is 694 g/mol. The van der Waals surface area contributed by atoms with Crippen molar-refractivity contribution in [2.75, 3.05) is 11.4 Å². The summed E-state index contributed by atoms with van der Waals surface area (Å²) in [5.74, 6) is -0.779. The third-order valence-corrected chi connectivity index (χ3v) is 14.7. The van der Waals surface area contributed by atoms with Gasteiger partial charge in [-0.2, -0.15) is 4.68 Å². The predicted octanol–water partition coefficient (Wildman–Crippen LogP) is 7.24. The average Bonchev–Trinajstić information content (AvgIpc) is 3.40. The van der Waals surface area contributed by atoms with E-state index in [-0.39, 0.29) is 46.4 Å². The third-order valence-electron chi connectivity index (χ3n) is 9.39. The van der Waals surface area contributed by atoms with Gasteiger partial charge in [-0.05, 0) is 65.2 Å². The molecule has 5 aromatic rings. The number of amides is 1. The molecule has 1 aliphatic rings. The van der Waals surface area contributed by atoms with Gasteiger partial charge in [0.25, 0.3) is 14.2 Å². The van der Waals surface area contributed by atoms with E-state index in [1.54, 1.807) is 22.8 Å². The van der Waals surface area contributed by atoms with E-state index in [0.29, 0.717) is 29.2 Å². The van der Waals surface area contributed by atoms with Crippen molar-refractivity contribution in [3.8, 4) is 5.69 Å². The molecule has 0 aliphatic carbocycles. The van der Waals surface area contributed by atoms with E-state index in [1.165, 1.54) is 21.7 Å². The normalized spacial score (nSPS) is 15.0. The first-order chi connectivity index (χ1) is 23.4. The standard InChI is InChI=1S/C39H40ClFN4O3Si/c1-7-43-35(25-48-49(39(4,5)6,28-15-10-8-11-16-28)29-17-12-9-13-18-29)42-45(38(43)47)27-21-22-30-31(23-27)32(26(2)3)24-44(37(30)46)36-33(40)19-14-20-34(36)41/h8-23,32H,2,7,24-25H2,1,3-6H3. The molecule has 4 aromatic carbocycles. The number of rotatable bonds is 9. The topological polar surface area (TPSA) is 69.4 Å². The average molecular weight is 695 g/mol. The van der Waals surface area contributed by atoms with Crippen molar-refractivity contribution in [1.82, 2.24) is 14.3 Å². The van der Waals surface area contributed by atoms with Crippen LogP contribution in [0.25, 0.3) is 5.69 Å². The van der Waals surface area contributed by atoms with Crippen molar-refractivity contribution in [1.29, 1.82) is 0 Å². The van der Waals surface area contributed by atoms with Gasteiger partial charge in [-0.3, -0.25) is 9.36 Å². The van der Waals surface area contributed by atoms with Crippen molar-refractivity contribution in [3.05, 3.63) is 147 Å². The van der Waals surface area contributed by atoms with Gasteiger partial charge in [-0.1, -0.05) is 111 Å². The highest BCUT2D eigenvalue weighted by Gasteiger charge is 2.50. The molecule has 1 unspecified atom stereocenters. The van der Waals surface area contributed by atoms with Crippen molar-refractivity contribution < 1.29 is 13.6 Å². The van der Waals surface area contributed by atoms with Crippen LogP contribution in [0.2, 0.25) is 10.1 Å². The van der Waals surface area contributed by atoms with E-state index >= 15 is 0 Å². The Morgan fingerprint density at radius 2 is 1.61 bits per heavy atom. The third kappa shape index (κ3) is 6.00. The molecule has 1 atom stereocenters. The number of nitrogens with zero attached hydrogens (tertiary/aromatic N) is 4. The summed E-state index contributed by atoms with van der Waals surface area (Å²) in [5, 5.41) is 6.99. The summed E-state index contributed by atoms with van der Waals surface area (Å²) in [7, 11) is -2.90. The van der Waals surface area contributed by atoms with Crippen LogP contribution in [0.4, 0.5) is 10.1 Å². The molecule has 1 aliphatic heterocycles. The van der Waals surface area contributed by atoms with Crippen LogP contribution in [0.1, 0.15) is 62.3 Å². The molecule has 7 nitrogen and oxygen atoms in total. The van der Waals surface area contributed by atoms with Gasteiger partial charge in [-0.25, -0.2) is 9.18 Å². The van der Waals surface area contributed by atoms with Crippen LogP contribution in [0.5, 0.6) is 0 Å². The highest BCUT2D eigenvalue weighted by atomic mass is 35.5. The molecule has 0 N–H and O–H groups in total. The molecule has 0 saturated heterocycles. The van der Waals surface area contributed by atoms with Gasteiger partial charge in [0.15, 0.2) is 5.82 Å². The van der Waals surface area contributed by atoms with Crippen LogP contribution in [-0.2, 0) is 17.6 Å². The Morgan fingerprint density at radius 1 is 0.980 bits per heavy atom. The smallest absolute Gasteiger partial charge is 0.350 e. The lowest BCUT2D eigenvalue weighted by Gasteiger charge is -2.42. The van der Waals surface area contributed by atoms with E-state index in [1.807, 2.05) is 56.3 Å². The lowest BCUT2D eigenvalue weighted by atomic mass is 9.84. The minimum absolute atomic E-state index is 0.0404. The van der Waals surface area contributed by atoms with Crippen molar-refractivity contribution >= 4 is 41.9 Å². The second-order valence-corrected chi connectivity index (χ2v) is 18.2.